The molecule has 0 aliphatic carbocycles. The summed E-state index contributed by atoms with van der Waals surface area (Å²) in [7, 11) is 0. The van der Waals surface area contributed by atoms with Crippen LogP contribution in [0.25, 0.3) is 11.4 Å². The average Bonchev–Trinajstić information content (AvgIpc) is 3.05. The molecule has 0 N–H and O–H groups in total. The first-order chi connectivity index (χ1) is 26.5. The Morgan fingerprint density at radius 2 is 0.850 bits per heavy atom. The van der Waals surface area contributed by atoms with Crippen LogP contribution in [0, 0.1) is 0 Å². The molecular weight excluding hydrogens is 926 g/mol. The molecule has 1 aromatic carbocycles. The van der Waals surface area contributed by atoms with E-state index in [-0.39, 0.29) is 11.4 Å². The Balaban J connectivity index is 2.34. The van der Waals surface area contributed by atoms with E-state index in [0.717, 1.165) is 28.0 Å². The fraction of sp³-hybridized carbons (Fsp3) is 0.630. The molecule has 1 heterocycles. The lowest BCUT2D eigenvalue weighted by atomic mass is 9.97. The van der Waals surface area contributed by atoms with Crippen LogP contribution in [0.2, 0.25) is 0 Å². The largest absolute Gasteiger partial charge is 0.527 e. The zero-order valence-electron chi connectivity index (χ0n) is 27.9. The van der Waals surface area contributed by atoms with Gasteiger partial charge >= 0.3 is 79.2 Å². The predicted octanol–water partition coefficient (Wildman–Crippen LogP) is 11.4. The number of benzene rings is 1. The number of rotatable bonds is 21. The van der Waals surface area contributed by atoms with Gasteiger partial charge in [0, 0.05) is 18.0 Å². The third kappa shape index (κ3) is 10.4. The molecule has 2 aromatic rings. The Bertz CT molecular complexity index is 1740. The Morgan fingerprint density at radius 3 is 1.22 bits per heavy atom. The van der Waals surface area contributed by atoms with Crippen molar-refractivity contribution in [2.75, 3.05) is 0 Å². The maximum atomic E-state index is 14.3. The molecule has 0 saturated heterocycles. The molecule has 0 radical (unpaired) electrons. The lowest BCUT2D eigenvalue weighted by Gasteiger charge is -2.40. The SMILES string of the molecule is CCCCc1cnc(-c2ccc(OC(F)C(F)(F)C(F)(F)C(F)(F)C(F)(F)C(F)(F)OC(F)(F)C(F)(F)OC(F)(F)C(F)(F)OC(F)(F)C(F)(F)OC(F)(F)F)cc2)nc1. The van der Waals surface area contributed by atoms with Gasteiger partial charge < -0.3 is 4.74 Å². The molecule has 33 heteroatoms. The third-order valence-corrected chi connectivity index (χ3v) is 6.76. The smallest absolute Gasteiger partial charge is 0.454 e. The normalized spacial score (nSPS) is 15.7. The minimum Gasteiger partial charge on any atom is -0.454 e. The summed E-state index contributed by atoms with van der Waals surface area (Å²) in [6.07, 6.45) is -64.7. The van der Waals surface area contributed by atoms with Crippen molar-refractivity contribution in [3.63, 3.8) is 0 Å². The Hall–Kier alpha value is -3.88. The first-order valence-electron chi connectivity index (χ1n) is 14.7. The summed E-state index contributed by atoms with van der Waals surface area (Å²) in [4.78, 5) is 7.81. The molecular formula is C27H16F26N2O5. The lowest BCUT2D eigenvalue weighted by molar-refractivity contribution is -0.585. The summed E-state index contributed by atoms with van der Waals surface area (Å²) in [5.74, 6) is -34.9. The Kier molecular flexibility index (Phi) is 14.3. The number of nitrogens with zero attached hydrogens (tertiary/aromatic N) is 2. The van der Waals surface area contributed by atoms with Crippen LogP contribution in [-0.4, -0.2) is 89.1 Å². The number of alkyl halides is 26. The van der Waals surface area contributed by atoms with E-state index in [4.69, 9.17) is 0 Å². The number of aryl methyl sites for hydroxylation is 1. The highest BCUT2D eigenvalue weighted by atomic mass is 19.4. The number of hydrogen-bond acceptors (Lipinski definition) is 7. The first-order valence-corrected chi connectivity index (χ1v) is 14.7. The van der Waals surface area contributed by atoms with Gasteiger partial charge in [-0.05, 0) is 42.7 Å². The van der Waals surface area contributed by atoms with Crippen LogP contribution in [0.5, 0.6) is 5.75 Å². The molecule has 0 aliphatic heterocycles. The van der Waals surface area contributed by atoms with Crippen molar-refractivity contribution in [3.8, 4) is 17.1 Å². The number of aromatic nitrogens is 2. The molecule has 0 fully saturated rings. The van der Waals surface area contributed by atoms with E-state index >= 15 is 0 Å². The van der Waals surface area contributed by atoms with Crippen LogP contribution in [-0.2, 0) is 25.4 Å². The summed E-state index contributed by atoms with van der Waals surface area (Å²) in [6, 6.07) is 2.34. The van der Waals surface area contributed by atoms with Gasteiger partial charge in [0.2, 0.25) is 0 Å². The van der Waals surface area contributed by atoms with E-state index in [1.807, 2.05) is 6.92 Å². The first kappa shape index (κ1) is 52.3. The average molecular weight is 942 g/mol. The third-order valence-electron chi connectivity index (χ3n) is 6.76. The molecule has 0 saturated carbocycles. The van der Waals surface area contributed by atoms with Gasteiger partial charge in [0.05, 0.1) is 0 Å². The van der Waals surface area contributed by atoms with Gasteiger partial charge in [-0.1, -0.05) is 13.3 Å². The fourth-order valence-corrected chi connectivity index (χ4v) is 3.67. The summed E-state index contributed by atoms with van der Waals surface area (Å²) in [5, 5.41) is 0. The van der Waals surface area contributed by atoms with Crippen molar-refractivity contribution < 1.29 is 138 Å². The standard InChI is InChI=1S/C27H16F26N2O5/c1-2-3-4-11-9-54-14(55-10-11)12-5-7-13(8-6-12)56-15(28)16(29,30)17(31,32)18(33,34)19(35,36)20(37,38)57-21(39,40)22(41,42)58-23(43,44)24(45,46)59-25(47,48)26(49,50)60-27(51,52)53/h5-10,15H,2-4H2,1H3. The number of ether oxygens (including phenoxy) is 5. The van der Waals surface area contributed by atoms with E-state index in [0.29, 0.717) is 30.5 Å². The van der Waals surface area contributed by atoms with Gasteiger partial charge in [0.1, 0.15) is 5.75 Å². The molecule has 60 heavy (non-hydrogen) atoms. The number of halogens is 26. The van der Waals surface area contributed by atoms with Crippen LogP contribution < -0.4 is 4.74 Å². The minimum absolute atomic E-state index is 0.0648. The summed E-state index contributed by atoms with van der Waals surface area (Å²) in [6.45, 7) is 1.85. The molecule has 0 spiro atoms. The molecule has 1 unspecified atom stereocenters. The van der Waals surface area contributed by atoms with E-state index in [9.17, 15) is 114 Å². The molecule has 1 aromatic heterocycles. The van der Waals surface area contributed by atoms with Crippen molar-refractivity contribution in [2.24, 2.45) is 0 Å². The molecule has 0 bridgehead atoms. The molecule has 0 amide bonds. The Labute approximate surface area is 313 Å². The number of hydrogen-bond donors (Lipinski definition) is 0. The maximum Gasteiger partial charge on any atom is 0.527 e. The van der Waals surface area contributed by atoms with Crippen molar-refractivity contribution >= 4 is 0 Å². The summed E-state index contributed by atoms with van der Waals surface area (Å²) < 4.78 is 360. The van der Waals surface area contributed by atoms with Crippen molar-refractivity contribution in [3.05, 3.63) is 42.2 Å². The van der Waals surface area contributed by atoms with Gasteiger partial charge in [0.15, 0.2) is 5.82 Å². The molecule has 7 nitrogen and oxygen atoms in total. The fourth-order valence-electron chi connectivity index (χ4n) is 3.67. The van der Waals surface area contributed by atoms with Crippen molar-refractivity contribution in [1.82, 2.24) is 9.97 Å². The zero-order valence-corrected chi connectivity index (χ0v) is 27.9. The lowest BCUT2D eigenvalue weighted by Crippen LogP contribution is -2.71. The highest BCUT2D eigenvalue weighted by Crippen LogP contribution is 2.60. The number of unbranched alkanes of at least 4 members (excludes halogenated alkanes) is 1. The van der Waals surface area contributed by atoms with Gasteiger partial charge in [-0.2, -0.15) is 101 Å². The highest BCUT2D eigenvalue weighted by Gasteiger charge is 2.90. The van der Waals surface area contributed by atoms with Gasteiger partial charge in [-0.15, -0.1) is 13.2 Å². The van der Waals surface area contributed by atoms with Gasteiger partial charge in [0.25, 0.3) is 0 Å². The van der Waals surface area contributed by atoms with E-state index in [2.05, 4.69) is 14.7 Å². The van der Waals surface area contributed by atoms with Crippen LogP contribution >= 0.6 is 0 Å². The van der Waals surface area contributed by atoms with Crippen molar-refractivity contribution in [2.45, 2.75) is 105 Å². The summed E-state index contributed by atoms with van der Waals surface area (Å²) in [5.41, 5.74) is 0.562. The highest BCUT2D eigenvalue weighted by molar-refractivity contribution is 5.56. The van der Waals surface area contributed by atoms with Crippen LogP contribution in [0.1, 0.15) is 25.3 Å². The van der Waals surface area contributed by atoms with E-state index in [1.165, 1.54) is 21.9 Å². The van der Waals surface area contributed by atoms with Crippen LogP contribution in [0.15, 0.2) is 36.7 Å². The molecule has 0 aliphatic rings. The predicted molar refractivity (Wildman–Crippen MR) is 136 cm³/mol. The topological polar surface area (TPSA) is 71.9 Å². The molecule has 2 rings (SSSR count). The second kappa shape index (κ2) is 16.4. The maximum absolute atomic E-state index is 14.3. The minimum atomic E-state index is -8.82. The Morgan fingerprint density at radius 1 is 0.483 bits per heavy atom. The quantitative estimate of drug-likeness (QED) is 0.115. The monoisotopic (exact) mass is 942 g/mol. The van der Waals surface area contributed by atoms with Crippen molar-refractivity contribution in [1.29, 1.82) is 0 Å². The molecule has 346 valence electrons. The van der Waals surface area contributed by atoms with Crippen LogP contribution in [0.4, 0.5) is 114 Å². The molecule has 1 atom stereocenters. The van der Waals surface area contributed by atoms with Crippen LogP contribution in [0.3, 0.4) is 0 Å². The van der Waals surface area contributed by atoms with E-state index in [1.54, 1.807) is 0 Å². The van der Waals surface area contributed by atoms with Gasteiger partial charge in [-0.3, -0.25) is 0 Å². The summed E-state index contributed by atoms with van der Waals surface area (Å²) >= 11 is 0. The zero-order chi connectivity index (χ0) is 47.2. The second-order valence-electron chi connectivity index (χ2n) is 11.3. The van der Waals surface area contributed by atoms with Gasteiger partial charge in [-0.25, -0.2) is 28.9 Å². The van der Waals surface area contributed by atoms with E-state index < -0.39 is 84.9 Å². The second-order valence-corrected chi connectivity index (χ2v) is 11.3.